The third-order valence-electron chi connectivity index (χ3n) is 6.66. The average molecular weight is 379 g/mol. The fourth-order valence-electron chi connectivity index (χ4n) is 5.41. The largest absolute Gasteiger partial charge is 0.404 e. The molecule has 1 spiro atoms. The molecule has 2 aliphatic rings. The van der Waals surface area contributed by atoms with Gasteiger partial charge in [-0.05, 0) is 46.5 Å². The van der Waals surface area contributed by atoms with Crippen molar-refractivity contribution in [3.8, 4) is 0 Å². The van der Waals surface area contributed by atoms with E-state index in [1.54, 1.807) is 0 Å². The SMILES string of the molecule is CC(C)(C)[Si](OC1CC2(CC(C=O)C2)C1)(c1ccccc1)c1ccccc1. The number of hydrogen-bond acceptors (Lipinski definition) is 2. The minimum absolute atomic E-state index is 0.0312. The Morgan fingerprint density at radius 3 is 1.78 bits per heavy atom. The highest BCUT2D eigenvalue weighted by molar-refractivity contribution is 6.99. The van der Waals surface area contributed by atoms with Gasteiger partial charge in [0, 0.05) is 12.0 Å². The minimum atomic E-state index is -2.43. The van der Waals surface area contributed by atoms with Crippen LogP contribution in [0.25, 0.3) is 0 Å². The molecule has 0 heterocycles. The predicted octanol–water partition coefficient (Wildman–Crippen LogP) is 4.32. The van der Waals surface area contributed by atoms with Crippen molar-refractivity contribution < 1.29 is 9.22 Å². The van der Waals surface area contributed by atoms with Crippen LogP contribution in [0.3, 0.4) is 0 Å². The van der Waals surface area contributed by atoms with Crippen LogP contribution >= 0.6 is 0 Å². The first-order chi connectivity index (χ1) is 12.9. The van der Waals surface area contributed by atoms with Gasteiger partial charge in [-0.1, -0.05) is 81.4 Å². The van der Waals surface area contributed by atoms with Crippen LogP contribution in [-0.2, 0) is 9.22 Å². The summed E-state index contributed by atoms with van der Waals surface area (Å²) < 4.78 is 7.16. The molecule has 2 aliphatic carbocycles. The third-order valence-corrected chi connectivity index (χ3v) is 11.8. The number of aldehydes is 1. The van der Waals surface area contributed by atoms with E-state index in [4.69, 9.17) is 4.43 Å². The molecule has 2 aromatic carbocycles. The number of carbonyl (C=O) groups excluding carboxylic acids is 1. The molecule has 0 aromatic heterocycles. The number of hydrogen-bond donors (Lipinski definition) is 0. The van der Waals surface area contributed by atoms with Crippen LogP contribution in [0.15, 0.2) is 60.7 Å². The van der Waals surface area contributed by atoms with Gasteiger partial charge in [0.1, 0.15) is 6.29 Å². The standard InChI is InChI=1S/C24H30O2Si/c1-23(2,3)27(21-10-6-4-7-11-21,22-12-8-5-9-13-22)26-20-16-24(17-20)14-19(15-24)18-25/h4-13,18-20H,14-17H2,1-3H3. The molecule has 0 atom stereocenters. The van der Waals surface area contributed by atoms with E-state index in [1.165, 1.54) is 10.4 Å². The van der Waals surface area contributed by atoms with Crippen molar-refractivity contribution in [3.05, 3.63) is 60.7 Å². The summed E-state index contributed by atoms with van der Waals surface area (Å²) in [5.74, 6) is 0.291. The molecule has 0 saturated heterocycles. The van der Waals surface area contributed by atoms with Gasteiger partial charge >= 0.3 is 0 Å². The molecular formula is C24H30O2Si. The fourth-order valence-corrected chi connectivity index (χ4v) is 10.1. The predicted molar refractivity (Wildman–Crippen MR) is 113 cm³/mol. The van der Waals surface area contributed by atoms with Gasteiger partial charge in [0.15, 0.2) is 0 Å². The summed E-state index contributed by atoms with van der Waals surface area (Å²) in [6, 6.07) is 21.7. The Hall–Kier alpha value is -1.71. The van der Waals surface area contributed by atoms with Crippen molar-refractivity contribution >= 4 is 25.0 Å². The van der Waals surface area contributed by atoms with Gasteiger partial charge in [-0.3, -0.25) is 0 Å². The van der Waals surface area contributed by atoms with Crippen LogP contribution in [0, 0.1) is 11.3 Å². The second-order valence-electron chi connectivity index (χ2n) is 9.62. The molecule has 27 heavy (non-hydrogen) atoms. The van der Waals surface area contributed by atoms with Gasteiger partial charge in [0.2, 0.25) is 0 Å². The summed E-state index contributed by atoms with van der Waals surface area (Å²) in [7, 11) is -2.43. The zero-order valence-corrected chi connectivity index (χ0v) is 17.7. The lowest BCUT2D eigenvalue weighted by Gasteiger charge is -2.59. The minimum Gasteiger partial charge on any atom is -0.404 e. The Morgan fingerprint density at radius 2 is 1.37 bits per heavy atom. The normalized spacial score (nSPS) is 27.7. The first-order valence-corrected chi connectivity index (χ1v) is 12.0. The molecule has 0 N–H and O–H groups in total. The lowest BCUT2D eigenvalue weighted by molar-refractivity contribution is -0.133. The van der Waals surface area contributed by atoms with Crippen molar-refractivity contribution in [2.75, 3.05) is 0 Å². The summed E-state index contributed by atoms with van der Waals surface area (Å²) >= 11 is 0. The van der Waals surface area contributed by atoms with Crippen molar-refractivity contribution in [2.24, 2.45) is 11.3 Å². The van der Waals surface area contributed by atoms with Crippen molar-refractivity contribution in [3.63, 3.8) is 0 Å². The van der Waals surface area contributed by atoms with E-state index >= 15 is 0 Å². The second-order valence-corrected chi connectivity index (χ2v) is 13.9. The van der Waals surface area contributed by atoms with Crippen LogP contribution in [-0.4, -0.2) is 20.7 Å². The maximum absolute atomic E-state index is 11.0. The highest BCUT2D eigenvalue weighted by atomic mass is 28.4. The molecule has 0 radical (unpaired) electrons. The molecule has 2 fully saturated rings. The van der Waals surface area contributed by atoms with Gasteiger partial charge < -0.3 is 9.22 Å². The second kappa shape index (κ2) is 6.71. The highest BCUT2D eigenvalue weighted by Gasteiger charge is 2.58. The van der Waals surface area contributed by atoms with Gasteiger partial charge in [-0.25, -0.2) is 0 Å². The Balaban J connectivity index is 1.68. The van der Waals surface area contributed by atoms with Crippen LogP contribution in [0.2, 0.25) is 5.04 Å². The number of carbonyl (C=O) groups is 1. The average Bonchev–Trinajstić information content (AvgIpc) is 2.60. The first kappa shape index (κ1) is 18.6. The summed E-state index contributed by atoms with van der Waals surface area (Å²) in [5.41, 5.74) is 0.391. The summed E-state index contributed by atoms with van der Waals surface area (Å²) in [6.45, 7) is 7.00. The molecule has 4 rings (SSSR count). The van der Waals surface area contributed by atoms with E-state index in [2.05, 4.69) is 81.4 Å². The van der Waals surface area contributed by atoms with E-state index in [0.29, 0.717) is 17.4 Å². The maximum atomic E-state index is 11.0. The zero-order valence-electron chi connectivity index (χ0n) is 16.7. The van der Waals surface area contributed by atoms with Gasteiger partial charge in [0.25, 0.3) is 8.32 Å². The molecule has 2 aromatic rings. The van der Waals surface area contributed by atoms with Gasteiger partial charge in [-0.2, -0.15) is 0 Å². The molecule has 142 valence electrons. The van der Waals surface area contributed by atoms with Crippen LogP contribution in [0.1, 0.15) is 46.5 Å². The van der Waals surface area contributed by atoms with E-state index < -0.39 is 8.32 Å². The van der Waals surface area contributed by atoms with Crippen molar-refractivity contribution in [2.45, 2.75) is 57.6 Å². The summed E-state index contributed by atoms with van der Waals surface area (Å²) in [5, 5.41) is 2.73. The van der Waals surface area contributed by atoms with Gasteiger partial charge in [0.05, 0.1) is 0 Å². The Morgan fingerprint density at radius 1 is 0.889 bits per heavy atom. The fraction of sp³-hybridized carbons (Fsp3) is 0.458. The summed E-state index contributed by atoms with van der Waals surface area (Å²) in [6.07, 6.45) is 5.81. The molecule has 0 unspecified atom stereocenters. The molecule has 2 nitrogen and oxygen atoms in total. The third kappa shape index (κ3) is 3.11. The van der Waals surface area contributed by atoms with Crippen LogP contribution in [0.4, 0.5) is 0 Å². The van der Waals surface area contributed by atoms with Crippen molar-refractivity contribution in [1.82, 2.24) is 0 Å². The van der Waals surface area contributed by atoms with Crippen LogP contribution in [0.5, 0.6) is 0 Å². The van der Waals surface area contributed by atoms with Crippen LogP contribution < -0.4 is 10.4 Å². The molecule has 0 bridgehead atoms. The zero-order chi connectivity index (χ0) is 19.1. The highest BCUT2D eigenvalue weighted by Crippen LogP contribution is 2.59. The molecule has 0 amide bonds. The molecular weight excluding hydrogens is 348 g/mol. The quantitative estimate of drug-likeness (QED) is 0.572. The number of rotatable bonds is 5. The van der Waals surface area contributed by atoms with E-state index in [0.717, 1.165) is 32.0 Å². The Kier molecular flexibility index (Phi) is 4.64. The van der Waals surface area contributed by atoms with E-state index in [9.17, 15) is 4.79 Å². The Bertz CT molecular complexity index is 741. The molecule has 3 heteroatoms. The van der Waals surface area contributed by atoms with Crippen molar-refractivity contribution in [1.29, 1.82) is 0 Å². The molecule has 0 aliphatic heterocycles. The maximum Gasteiger partial charge on any atom is 0.261 e. The number of benzene rings is 2. The smallest absolute Gasteiger partial charge is 0.261 e. The topological polar surface area (TPSA) is 26.3 Å². The summed E-state index contributed by atoms with van der Waals surface area (Å²) in [4.78, 5) is 11.0. The lowest BCUT2D eigenvalue weighted by atomic mass is 9.51. The molecule has 2 saturated carbocycles. The van der Waals surface area contributed by atoms with Gasteiger partial charge in [-0.15, -0.1) is 0 Å². The van der Waals surface area contributed by atoms with E-state index in [-0.39, 0.29) is 5.04 Å². The Labute approximate surface area is 164 Å². The lowest BCUT2D eigenvalue weighted by Crippen LogP contribution is -2.69. The van der Waals surface area contributed by atoms with E-state index in [1.807, 2.05) is 0 Å². The first-order valence-electron chi connectivity index (χ1n) is 10.1. The monoisotopic (exact) mass is 378 g/mol.